The molecule has 1 nitrogen and oxygen atoms in total. The third kappa shape index (κ3) is 3.55. The zero-order valence-corrected chi connectivity index (χ0v) is 8.51. The van der Waals surface area contributed by atoms with Crippen LogP contribution in [0.15, 0.2) is 24.3 Å². The van der Waals surface area contributed by atoms with Crippen LogP contribution in [-0.2, 0) is 12.6 Å². The van der Waals surface area contributed by atoms with Crippen molar-refractivity contribution >= 4 is 0 Å². The molecule has 0 fully saturated rings. The fourth-order valence-corrected chi connectivity index (χ4v) is 1.36. The lowest BCUT2D eigenvalue weighted by atomic mass is 9.99. The molecule has 0 bridgehead atoms. The first-order valence-electron chi connectivity index (χ1n) is 4.79. The van der Waals surface area contributed by atoms with Crippen molar-refractivity contribution in [3.63, 3.8) is 0 Å². The number of rotatable bonds is 3. The first-order chi connectivity index (χ1) is 6.93. The highest BCUT2D eigenvalue weighted by Gasteiger charge is 2.30. The second kappa shape index (κ2) is 4.66. The van der Waals surface area contributed by atoms with E-state index in [0.717, 1.165) is 6.07 Å². The number of hydrogen-bond acceptors (Lipinski definition) is 1. The van der Waals surface area contributed by atoms with E-state index in [2.05, 4.69) is 0 Å². The average Bonchev–Trinajstić information content (AvgIpc) is 2.17. The summed E-state index contributed by atoms with van der Waals surface area (Å²) in [6, 6.07) is 5.39. The van der Waals surface area contributed by atoms with E-state index in [1.807, 2.05) is 6.92 Å². The summed E-state index contributed by atoms with van der Waals surface area (Å²) in [4.78, 5) is 0. The Bertz CT molecular complexity index is 320. The molecule has 0 aliphatic heterocycles. The van der Waals surface area contributed by atoms with Crippen LogP contribution in [0.25, 0.3) is 0 Å². The lowest BCUT2D eigenvalue weighted by molar-refractivity contribution is -0.137. The van der Waals surface area contributed by atoms with Gasteiger partial charge in [-0.25, -0.2) is 0 Å². The topological polar surface area (TPSA) is 26.0 Å². The minimum Gasteiger partial charge on any atom is -0.330 e. The molecule has 0 radical (unpaired) electrons. The Hall–Kier alpha value is -1.03. The third-order valence-electron chi connectivity index (χ3n) is 2.24. The standard InChI is InChI=1S/C11H14F3N/c1-8(7-15)5-9-3-2-4-10(6-9)11(12,13)14/h2-4,6,8H,5,7,15H2,1H3/t8-/m1/s1. The van der Waals surface area contributed by atoms with Crippen LogP contribution in [-0.4, -0.2) is 6.54 Å². The van der Waals surface area contributed by atoms with Crippen LogP contribution in [0.2, 0.25) is 0 Å². The SMILES string of the molecule is C[C@@H](CN)Cc1cccc(C(F)(F)F)c1. The van der Waals surface area contributed by atoms with E-state index in [9.17, 15) is 13.2 Å². The molecule has 0 saturated carbocycles. The maximum absolute atomic E-state index is 12.4. The molecule has 1 aromatic carbocycles. The molecular weight excluding hydrogens is 203 g/mol. The van der Waals surface area contributed by atoms with Crippen molar-refractivity contribution in [2.45, 2.75) is 19.5 Å². The van der Waals surface area contributed by atoms with E-state index >= 15 is 0 Å². The molecule has 0 heterocycles. The van der Waals surface area contributed by atoms with Gasteiger partial charge in [0.2, 0.25) is 0 Å². The lowest BCUT2D eigenvalue weighted by Gasteiger charge is -2.11. The number of alkyl halides is 3. The zero-order chi connectivity index (χ0) is 11.5. The van der Waals surface area contributed by atoms with Gasteiger partial charge in [-0.2, -0.15) is 13.2 Å². The molecule has 0 saturated heterocycles. The molecule has 4 heteroatoms. The molecule has 0 aromatic heterocycles. The van der Waals surface area contributed by atoms with Gasteiger partial charge >= 0.3 is 6.18 Å². The van der Waals surface area contributed by atoms with Gasteiger partial charge in [-0.05, 0) is 30.5 Å². The normalized spacial score (nSPS) is 13.9. The van der Waals surface area contributed by atoms with E-state index in [1.54, 1.807) is 6.07 Å². The molecule has 84 valence electrons. The van der Waals surface area contributed by atoms with Crippen molar-refractivity contribution in [2.24, 2.45) is 11.7 Å². The molecule has 0 unspecified atom stereocenters. The van der Waals surface area contributed by atoms with Gasteiger partial charge in [0, 0.05) is 0 Å². The molecular formula is C11H14F3N. The fourth-order valence-electron chi connectivity index (χ4n) is 1.36. The van der Waals surface area contributed by atoms with Crippen LogP contribution in [0.1, 0.15) is 18.1 Å². The van der Waals surface area contributed by atoms with Gasteiger partial charge in [0.05, 0.1) is 5.56 Å². The van der Waals surface area contributed by atoms with Gasteiger partial charge < -0.3 is 5.73 Å². The van der Waals surface area contributed by atoms with E-state index < -0.39 is 11.7 Å². The summed E-state index contributed by atoms with van der Waals surface area (Å²) in [6.45, 7) is 2.40. The first-order valence-corrected chi connectivity index (χ1v) is 4.79. The molecule has 0 amide bonds. The third-order valence-corrected chi connectivity index (χ3v) is 2.24. The Morgan fingerprint density at radius 3 is 2.53 bits per heavy atom. The van der Waals surface area contributed by atoms with Crippen molar-refractivity contribution in [2.75, 3.05) is 6.54 Å². The highest BCUT2D eigenvalue weighted by atomic mass is 19.4. The molecule has 1 rings (SSSR count). The molecule has 0 aliphatic carbocycles. The Balaban J connectivity index is 2.84. The molecule has 2 N–H and O–H groups in total. The summed E-state index contributed by atoms with van der Waals surface area (Å²) in [5, 5.41) is 0. The summed E-state index contributed by atoms with van der Waals surface area (Å²) in [6.07, 6.45) is -3.68. The predicted octanol–water partition coefficient (Wildman–Crippen LogP) is 2.84. The average molecular weight is 217 g/mol. The van der Waals surface area contributed by atoms with Crippen LogP contribution in [0.3, 0.4) is 0 Å². The summed E-state index contributed by atoms with van der Waals surface area (Å²) < 4.78 is 37.1. The van der Waals surface area contributed by atoms with Gasteiger partial charge in [-0.15, -0.1) is 0 Å². The monoisotopic (exact) mass is 217 g/mol. The minimum absolute atomic E-state index is 0.202. The summed E-state index contributed by atoms with van der Waals surface area (Å²) in [5.41, 5.74) is 5.51. The van der Waals surface area contributed by atoms with Crippen LogP contribution in [0.5, 0.6) is 0 Å². The Morgan fingerprint density at radius 1 is 1.33 bits per heavy atom. The number of nitrogens with two attached hydrogens (primary N) is 1. The molecule has 1 aromatic rings. The highest BCUT2D eigenvalue weighted by Crippen LogP contribution is 2.29. The smallest absolute Gasteiger partial charge is 0.330 e. The molecule has 15 heavy (non-hydrogen) atoms. The van der Waals surface area contributed by atoms with Crippen molar-refractivity contribution in [1.29, 1.82) is 0 Å². The summed E-state index contributed by atoms with van der Waals surface area (Å²) in [7, 11) is 0. The van der Waals surface area contributed by atoms with Crippen molar-refractivity contribution in [3.8, 4) is 0 Å². The van der Waals surface area contributed by atoms with Gasteiger partial charge in [-0.1, -0.05) is 25.1 Å². The van der Waals surface area contributed by atoms with Crippen molar-refractivity contribution in [3.05, 3.63) is 35.4 Å². The van der Waals surface area contributed by atoms with Crippen LogP contribution < -0.4 is 5.73 Å². The Morgan fingerprint density at radius 2 is 2.00 bits per heavy atom. The van der Waals surface area contributed by atoms with Gasteiger partial charge in [0.1, 0.15) is 0 Å². The van der Waals surface area contributed by atoms with Crippen LogP contribution in [0, 0.1) is 5.92 Å². The highest BCUT2D eigenvalue weighted by molar-refractivity contribution is 5.25. The maximum atomic E-state index is 12.4. The van der Waals surface area contributed by atoms with Crippen LogP contribution >= 0.6 is 0 Å². The Kier molecular flexibility index (Phi) is 3.74. The van der Waals surface area contributed by atoms with E-state index in [4.69, 9.17) is 5.73 Å². The van der Waals surface area contributed by atoms with Crippen molar-refractivity contribution in [1.82, 2.24) is 0 Å². The second-order valence-corrected chi connectivity index (χ2v) is 3.74. The van der Waals surface area contributed by atoms with E-state index in [0.29, 0.717) is 18.5 Å². The summed E-state index contributed by atoms with van der Waals surface area (Å²) in [5.74, 6) is 0.202. The minimum atomic E-state index is -4.26. The quantitative estimate of drug-likeness (QED) is 0.827. The molecule has 0 spiro atoms. The van der Waals surface area contributed by atoms with Gasteiger partial charge in [0.15, 0.2) is 0 Å². The van der Waals surface area contributed by atoms with E-state index in [1.165, 1.54) is 12.1 Å². The second-order valence-electron chi connectivity index (χ2n) is 3.74. The molecule has 0 aliphatic rings. The Labute approximate surface area is 87.1 Å². The number of hydrogen-bond donors (Lipinski definition) is 1. The maximum Gasteiger partial charge on any atom is 0.416 e. The van der Waals surface area contributed by atoms with Gasteiger partial charge in [0.25, 0.3) is 0 Å². The zero-order valence-electron chi connectivity index (χ0n) is 8.51. The van der Waals surface area contributed by atoms with Crippen molar-refractivity contribution < 1.29 is 13.2 Å². The number of benzene rings is 1. The number of halogens is 3. The van der Waals surface area contributed by atoms with E-state index in [-0.39, 0.29) is 5.92 Å². The fraction of sp³-hybridized carbons (Fsp3) is 0.455. The largest absolute Gasteiger partial charge is 0.416 e. The first kappa shape index (κ1) is 12.0. The molecule has 1 atom stereocenters. The van der Waals surface area contributed by atoms with Crippen LogP contribution in [0.4, 0.5) is 13.2 Å². The predicted molar refractivity (Wildman–Crippen MR) is 53.4 cm³/mol. The summed E-state index contributed by atoms with van der Waals surface area (Å²) >= 11 is 0. The van der Waals surface area contributed by atoms with Gasteiger partial charge in [-0.3, -0.25) is 0 Å². The lowest BCUT2D eigenvalue weighted by Crippen LogP contribution is -2.13.